The lowest BCUT2D eigenvalue weighted by atomic mass is 10.0. The number of benzene rings is 1. The zero-order valence-electron chi connectivity index (χ0n) is 13.0. The van der Waals surface area contributed by atoms with Gasteiger partial charge in [0.1, 0.15) is 5.82 Å². The van der Waals surface area contributed by atoms with Gasteiger partial charge in [0, 0.05) is 25.2 Å². The fourth-order valence-electron chi connectivity index (χ4n) is 2.35. The smallest absolute Gasteiger partial charge is 0.243 e. The summed E-state index contributed by atoms with van der Waals surface area (Å²) in [6.07, 6.45) is 1.82. The van der Waals surface area contributed by atoms with E-state index in [0.717, 1.165) is 12.8 Å². The van der Waals surface area contributed by atoms with Crippen LogP contribution < -0.4 is 5.73 Å². The fourth-order valence-corrected chi connectivity index (χ4v) is 4.12. The summed E-state index contributed by atoms with van der Waals surface area (Å²) in [5.74, 6) is -0.272. The fraction of sp³-hybridized carbons (Fsp3) is 0.600. The summed E-state index contributed by atoms with van der Waals surface area (Å²) in [5, 5.41) is 0. The standard InChI is InChI=1S/C15H25FN2O2S/c1-4-12(5-2)11-18(6-3)21(19,20)15-9-7-8-14(16)13(15)10-17/h7-9,12H,4-6,10-11,17H2,1-3H3. The van der Waals surface area contributed by atoms with Gasteiger partial charge in [0.15, 0.2) is 0 Å². The quantitative estimate of drug-likeness (QED) is 0.802. The first-order valence-corrected chi connectivity index (χ1v) is 8.83. The van der Waals surface area contributed by atoms with Gasteiger partial charge in [-0.25, -0.2) is 12.8 Å². The van der Waals surface area contributed by atoms with Gasteiger partial charge in [-0.3, -0.25) is 0 Å². The van der Waals surface area contributed by atoms with Crippen LogP contribution in [0.15, 0.2) is 23.1 Å². The van der Waals surface area contributed by atoms with Crippen LogP contribution in [0.3, 0.4) is 0 Å². The van der Waals surface area contributed by atoms with Crippen LogP contribution in [0, 0.1) is 11.7 Å². The minimum atomic E-state index is -3.72. The molecule has 0 fully saturated rings. The summed E-state index contributed by atoms with van der Waals surface area (Å²) in [6, 6.07) is 4.07. The van der Waals surface area contributed by atoms with Crippen molar-refractivity contribution < 1.29 is 12.8 Å². The van der Waals surface area contributed by atoms with E-state index < -0.39 is 15.8 Å². The van der Waals surface area contributed by atoms with Gasteiger partial charge in [0.25, 0.3) is 0 Å². The van der Waals surface area contributed by atoms with Gasteiger partial charge >= 0.3 is 0 Å². The lowest BCUT2D eigenvalue weighted by molar-refractivity contribution is 0.338. The number of rotatable bonds is 8. The van der Waals surface area contributed by atoms with E-state index in [1.165, 1.54) is 22.5 Å². The van der Waals surface area contributed by atoms with Crippen molar-refractivity contribution in [3.05, 3.63) is 29.6 Å². The predicted octanol–water partition coefficient (Wildman–Crippen LogP) is 2.73. The summed E-state index contributed by atoms with van der Waals surface area (Å²) in [4.78, 5) is -0.0159. The SMILES string of the molecule is CCC(CC)CN(CC)S(=O)(=O)c1cccc(F)c1CN. The number of nitrogens with two attached hydrogens (primary N) is 1. The summed E-state index contributed by atoms with van der Waals surface area (Å²) >= 11 is 0. The van der Waals surface area contributed by atoms with E-state index >= 15 is 0 Å². The van der Waals surface area contributed by atoms with Gasteiger partial charge in [0.2, 0.25) is 10.0 Å². The normalized spacial score (nSPS) is 12.3. The van der Waals surface area contributed by atoms with Gasteiger partial charge in [0.05, 0.1) is 4.90 Å². The van der Waals surface area contributed by atoms with Crippen LogP contribution in [0.4, 0.5) is 4.39 Å². The van der Waals surface area contributed by atoms with E-state index in [-0.39, 0.29) is 17.0 Å². The highest BCUT2D eigenvalue weighted by Crippen LogP contribution is 2.24. The van der Waals surface area contributed by atoms with Gasteiger partial charge in [-0.1, -0.05) is 39.7 Å². The van der Waals surface area contributed by atoms with Gasteiger partial charge < -0.3 is 5.73 Å². The van der Waals surface area contributed by atoms with Crippen LogP contribution in [0.2, 0.25) is 0 Å². The van der Waals surface area contributed by atoms with Gasteiger partial charge in [-0.05, 0) is 18.1 Å². The van der Waals surface area contributed by atoms with Crippen molar-refractivity contribution >= 4 is 10.0 Å². The Bertz CT molecular complexity index is 557. The lowest BCUT2D eigenvalue weighted by Crippen LogP contribution is -2.36. The molecule has 0 spiro atoms. The van der Waals surface area contributed by atoms with E-state index in [4.69, 9.17) is 5.73 Å². The van der Waals surface area contributed by atoms with Crippen LogP contribution >= 0.6 is 0 Å². The molecule has 0 aliphatic carbocycles. The Hall–Kier alpha value is -0.980. The van der Waals surface area contributed by atoms with Crippen LogP contribution in [-0.2, 0) is 16.6 Å². The van der Waals surface area contributed by atoms with E-state index in [9.17, 15) is 12.8 Å². The molecule has 2 N–H and O–H groups in total. The molecule has 6 heteroatoms. The molecule has 0 aliphatic heterocycles. The molecular weight excluding hydrogens is 291 g/mol. The molecule has 0 amide bonds. The first kappa shape index (κ1) is 18.1. The Labute approximate surface area is 127 Å². The average Bonchev–Trinajstić information content (AvgIpc) is 2.48. The third kappa shape index (κ3) is 4.02. The van der Waals surface area contributed by atoms with Gasteiger partial charge in [-0.15, -0.1) is 0 Å². The zero-order chi connectivity index (χ0) is 16.0. The number of hydrogen-bond acceptors (Lipinski definition) is 3. The largest absolute Gasteiger partial charge is 0.326 e. The Morgan fingerprint density at radius 2 is 1.86 bits per heavy atom. The Kier molecular flexibility index (Phi) is 6.77. The molecule has 1 aromatic carbocycles. The second-order valence-electron chi connectivity index (χ2n) is 5.06. The first-order chi connectivity index (χ1) is 9.92. The number of nitrogens with zero attached hydrogens (tertiary/aromatic N) is 1. The second-order valence-corrected chi connectivity index (χ2v) is 6.97. The monoisotopic (exact) mass is 316 g/mol. The third-order valence-corrected chi connectivity index (χ3v) is 5.89. The molecule has 0 aliphatic rings. The van der Waals surface area contributed by atoms with Gasteiger partial charge in [-0.2, -0.15) is 4.31 Å². The van der Waals surface area contributed by atoms with Crippen molar-refractivity contribution in [2.24, 2.45) is 11.7 Å². The Balaban J connectivity index is 3.22. The number of hydrogen-bond donors (Lipinski definition) is 1. The van der Waals surface area contributed by atoms with Crippen molar-refractivity contribution in [1.82, 2.24) is 4.31 Å². The summed E-state index contributed by atoms with van der Waals surface area (Å²) in [6.45, 7) is 6.56. The highest BCUT2D eigenvalue weighted by Gasteiger charge is 2.28. The maximum absolute atomic E-state index is 13.8. The predicted molar refractivity (Wildman–Crippen MR) is 82.8 cm³/mol. The highest BCUT2D eigenvalue weighted by atomic mass is 32.2. The van der Waals surface area contributed by atoms with Crippen molar-refractivity contribution in [3.63, 3.8) is 0 Å². The van der Waals surface area contributed by atoms with Crippen molar-refractivity contribution in [3.8, 4) is 0 Å². The molecule has 1 aromatic rings. The van der Waals surface area contributed by atoms with Crippen LogP contribution in [-0.4, -0.2) is 25.8 Å². The number of sulfonamides is 1. The van der Waals surface area contributed by atoms with Crippen LogP contribution in [0.1, 0.15) is 39.2 Å². The van der Waals surface area contributed by atoms with Crippen molar-refractivity contribution in [1.29, 1.82) is 0 Å². The molecule has 0 saturated heterocycles. The van der Waals surface area contributed by atoms with Crippen LogP contribution in [0.25, 0.3) is 0 Å². The Morgan fingerprint density at radius 3 is 2.33 bits per heavy atom. The molecule has 0 radical (unpaired) electrons. The van der Waals surface area contributed by atoms with E-state index in [1.807, 2.05) is 13.8 Å². The molecule has 0 atom stereocenters. The molecule has 21 heavy (non-hydrogen) atoms. The van der Waals surface area contributed by atoms with Crippen molar-refractivity contribution in [2.75, 3.05) is 13.1 Å². The first-order valence-electron chi connectivity index (χ1n) is 7.39. The molecule has 0 unspecified atom stereocenters. The molecular formula is C15H25FN2O2S. The maximum Gasteiger partial charge on any atom is 0.243 e. The average molecular weight is 316 g/mol. The molecule has 0 heterocycles. The van der Waals surface area contributed by atoms with E-state index in [2.05, 4.69) is 0 Å². The lowest BCUT2D eigenvalue weighted by Gasteiger charge is -2.25. The third-order valence-electron chi connectivity index (χ3n) is 3.87. The molecule has 4 nitrogen and oxygen atoms in total. The maximum atomic E-state index is 13.8. The number of halogens is 1. The molecule has 120 valence electrons. The second kappa shape index (κ2) is 7.87. The summed E-state index contributed by atoms with van der Waals surface area (Å²) < 4.78 is 40.7. The minimum Gasteiger partial charge on any atom is -0.326 e. The zero-order valence-corrected chi connectivity index (χ0v) is 13.8. The summed E-state index contributed by atoms with van der Waals surface area (Å²) in [7, 11) is -3.72. The highest BCUT2D eigenvalue weighted by molar-refractivity contribution is 7.89. The molecule has 0 aromatic heterocycles. The van der Waals surface area contributed by atoms with Crippen LogP contribution in [0.5, 0.6) is 0 Å². The van der Waals surface area contributed by atoms with E-state index in [1.54, 1.807) is 6.92 Å². The molecule has 0 saturated carbocycles. The molecule has 1 rings (SSSR count). The topological polar surface area (TPSA) is 63.4 Å². The van der Waals surface area contributed by atoms with Crippen molar-refractivity contribution in [2.45, 2.75) is 45.1 Å². The Morgan fingerprint density at radius 1 is 1.24 bits per heavy atom. The van der Waals surface area contributed by atoms with E-state index in [0.29, 0.717) is 19.0 Å². The minimum absolute atomic E-state index is 0.0159. The molecule has 0 bridgehead atoms. The summed E-state index contributed by atoms with van der Waals surface area (Å²) in [5.41, 5.74) is 5.58.